The molecule has 9 nitrogen and oxygen atoms in total. The first kappa shape index (κ1) is 20.0. The number of rotatable bonds is 6. The lowest BCUT2D eigenvalue weighted by Gasteiger charge is -2.40. The summed E-state index contributed by atoms with van der Waals surface area (Å²) in [5.41, 5.74) is -0.467. The number of ether oxygens (including phenoxy) is 1. The van der Waals surface area contributed by atoms with Gasteiger partial charge in [-0.15, -0.1) is 10.2 Å². The number of nitrogens with zero attached hydrogens (tertiary/aromatic N) is 5. The van der Waals surface area contributed by atoms with Crippen molar-refractivity contribution in [3.63, 3.8) is 0 Å². The predicted octanol–water partition coefficient (Wildman–Crippen LogP) is 1.01. The third-order valence-electron chi connectivity index (χ3n) is 3.84. The lowest BCUT2D eigenvalue weighted by atomic mass is 10.1. The van der Waals surface area contributed by atoms with Gasteiger partial charge in [0, 0.05) is 32.6 Å². The molecule has 0 radical (unpaired) electrons. The molecule has 0 aromatic carbocycles. The van der Waals surface area contributed by atoms with Crippen LogP contribution in [0.5, 0.6) is 0 Å². The Kier molecular flexibility index (Phi) is 6.82. The third-order valence-corrected chi connectivity index (χ3v) is 3.84. The average Bonchev–Trinajstić information content (AvgIpc) is 2.95. The van der Waals surface area contributed by atoms with Crippen LogP contribution in [0, 0.1) is 0 Å². The average molecular weight is 365 g/mol. The highest BCUT2D eigenvalue weighted by atomic mass is 16.6. The van der Waals surface area contributed by atoms with Crippen LogP contribution in [0.2, 0.25) is 0 Å². The van der Waals surface area contributed by atoms with E-state index in [4.69, 9.17) is 4.74 Å². The quantitative estimate of drug-likeness (QED) is 0.577. The van der Waals surface area contributed by atoms with Crippen LogP contribution >= 0.6 is 0 Å². The van der Waals surface area contributed by atoms with Gasteiger partial charge in [-0.05, 0) is 27.7 Å². The van der Waals surface area contributed by atoms with Crippen molar-refractivity contribution in [2.75, 3.05) is 26.2 Å². The Bertz CT molecular complexity index is 615. The molecule has 1 aromatic rings. The molecule has 26 heavy (non-hydrogen) atoms. The number of carbonyl (C=O) groups is 1. The number of carbonyl (C=O) groups excluding carboxylic acids is 1. The second-order valence-corrected chi connectivity index (χ2v) is 7.28. The Morgan fingerprint density at radius 1 is 1.38 bits per heavy atom. The molecule has 2 rings (SSSR count). The number of amides is 1. The minimum Gasteiger partial charge on any atom is -0.444 e. The van der Waals surface area contributed by atoms with Gasteiger partial charge in [-0.3, -0.25) is 4.99 Å². The van der Waals surface area contributed by atoms with E-state index in [2.05, 4.69) is 32.7 Å². The van der Waals surface area contributed by atoms with Crippen LogP contribution in [0.3, 0.4) is 0 Å². The zero-order chi connectivity index (χ0) is 19.2. The van der Waals surface area contributed by atoms with E-state index in [1.165, 1.54) is 0 Å². The zero-order valence-corrected chi connectivity index (χ0v) is 16.4. The summed E-state index contributed by atoms with van der Waals surface area (Å²) in [7, 11) is 0. The van der Waals surface area contributed by atoms with Crippen molar-refractivity contribution >= 4 is 12.1 Å². The van der Waals surface area contributed by atoms with E-state index in [1.54, 1.807) is 11.2 Å². The molecule has 146 valence electrons. The van der Waals surface area contributed by atoms with Crippen molar-refractivity contribution in [3.8, 4) is 0 Å². The Morgan fingerprint density at radius 3 is 2.73 bits per heavy atom. The highest BCUT2D eigenvalue weighted by Crippen LogP contribution is 2.15. The normalized spacial score (nSPS) is 15.6. The Morgan fingerprint density at radius 2 is 2.12 bits per heavy atom. The molecule has 0 unspecified atom stereocenters. The van der Waals surface area contributed by atoms with Crippen LogP contribution in [0.4, 0.5) is 4.79 Å². The van der Waals surface area contributed by atoms with Crippen LogP contribution in [0.15, 0.2) is 11.3 Å². The van der Waals surface area contributed by atoms with Gasteiger partial charge in [-0.1, -0.05) is 6.92 Å². The van der Waals surface area contributed by atoms with E-state index in [0.717, 1.165) is 31.3 Å². The molecule has 1 amide bonds. The lowest BCUT2D eigenvalue weighted by molar-refractivity contribution is 0.00701. The van der Waals surface area contributed by atoms with Gasteiger partial charge in [-0.25, -0.2) is 4.79 Å². The van der Waals surface area contributed by atoms with Crippen LogP contribution < -0.4 is 10.6 Å². The Labute approximate surface area is 155 Å². The van der Waals surface area contributed by atoms with Crippen LogP contribution in [0.25, 0.3) is 0 Å². The zero-order valence-electron chi connectivity index (χ0n) is 16.4. The first-order chi connectivity index (χ1) is 12.3. The molecule has 1 aliphatic heterocycles. The van der Waals surface area contributed by atoms with Gasteiger partial charge < -0.3 is 24.8 Å². The predicted molar refractivity (Wildman–Crippen MR) is 100 cm³/mol. The molecule has 9 heteroatoms. The fourth-order valence-corrected chi connectivity index (χ4v) is 2.57. The van der Waals surface area contributed by atoms with Crippen molar-refractivity contribution in [1.29, 1.82) is 0 Å². The molecule has 0 aliphatic carbocycles. The van der Waals surface area contributed by atoms with Crippen molar-refractivity contribution < 1.29 is 9.53 Å². The first-order valence-electron chi connectivity index (χ1n) is 9.21. The third kappa shape index (κ3) is 5.89. The molecule has 2 heterocycles. The summed E-state index contributed by atoms with van der Waals surface area (Å²) < 4.78 is 7.38. The molecular weight excluding hydrogens is 334 g/mol. The monoisotopic (exact) mass is 365 g/mol. The number of hydrogen-bond acceptors (Lipinski definition) is 5. The summed E-state index contributed by atoms with van der Waals surface area (Å²) in [5.74, 6) is 1.72. The van der Waals surface area contributed by atoms with E-state index >= 15 is 0 Å². The van der Waals surface area contributed by atoms with E-state index in [-0.39, 0.29) is 12.1 Å². The molecule has 0 saturated carbocycles. The minimum atomic E-state index is -0.467. The topological polar surface area (TPSA) is 96.7 Å². The maximum atomic E-state index is 12.0. The SMILES string of the molecule is CCNC(=NCCn1cnnc1CC)NC1CN(C(=O)OC(C)(C)C)C1. The van der Waals surface area contributed by atoms with Gasteiger partial charge in [0.05, 0.1) is 12.6 Å². The molecule has 2 N–H and O–H groups in total. The number of likely N-dealkylation sites (tertiary alicyclic amines) is 1. The molecule has 1 aliphatic rings. The standard InChI is InChI=1S/C17H31N7O2/c1-6-14-22-20-12-23(14)9-8-19-15(18-7-2)21-13-10-24(11-13)16(25)26-17(3,4)5/h12-13H,6-11H2,1-5H3,(H2,18,19,21). The summed E-state index contributed by atoms with van der Waals surface area (Å²) >= 11 is 0. The van der Waals surface area contributed by atoms with E-state index < -0.39 is 5.60 Å². The number of guanidine groups is 1. The van der Waals surface area contributed by atoms with E-state index in [9.17, 15) is 4.79 Å². The van der Waals surface area contributed by atoms with E-state index in [0.29, 0.717) is 19.6 Å². The van der Waals surface area contributed by atoms with Crippen molar-refractivity contribution in [2.24, 2.45) is 4.99 Å². The number of aryl methyl sites for hydroxylation is 1. The van der Waals surface area contributed by atoms with Gasteiger partial charge in [0.25, 0.3) is 0 Å². The van der Waals surface area contributed by atoms with Crippen LogP contribution in [0.1, 0.15) is 40.4 Å². The molecular formula is C17H31N7O2. The van der Waals surface area contributed by atoms with Gasteiger partial charge in [-0.2, -0.15) is 0 Å². The molecule has 1 aromatic heterocycles. The number of aliphatic imine (C=N–C) groups is 1. The van der Waals surface area contributed by atoms with Crippen LogP contribution in [-0.2, 0) is 17.7 Å². The van der Waals surface area contributed by atoms with Gasteiger partial charge in [0.2, 0.25) is 0 Å². The fraction of sp³-hybridized carbons (Fsp3) is 0.765. The maximum Gasteiger partial charge on any atom is 0.410 e. The highest BCUT2D eigenvalue weighted by molar-refractivity contribution is 5.80. The largest absolute Gasteiger partial charge is 0.444 e. The van der Waals surface area contributed by atoms with Gasteiger partial charge in [0.1, 0.15) is 17.8 Å². The molecule has 1 saturated heterocycles. The van der Waals surface area contributed by atoms with Crippen molar-refractivity contribution in [3.05, 3.63) is 12.2 Å². The smallest absolute Gasteiger partial charge is 0.410 e. The number of nitrogens with one attached hydrogen (secondary N) is 2. The summed E-state index contributed by atoms with van der Waals surface area (Å²) in [6, 6.07) is 0.182. The highest BCUT2D eigenvalue weighted by Gasteiger charge is 2.34. The second kappa shape index (κ2) is 8.86. The van der Waals surface area contributed by atoms with Gasteiger partial charge >= 0.3 is 6.09 Å². The van der Waals surface area contributed by atoms with Crippen LogP contribution in [-0.4, -0.2) is 69.5 Å². The Hall–Kier alpha value is -2.32. The van der Waals surface area contributed by atoms with E-state index in [1.807, 2.05) is 32.3 Å². The van der Waals surface area contributed by atoms with Gasteiger partial charge in [0.15, 0.2) is 5.96 Å². The number of hydrogen-bond donors (Lipinski definition) is 2. The summed E-state index contributed by atoms with van der Waals surface area (Å²) in [6.07, 6.45) is 2.32. The molecule has 0 spiro atoms. The van der Waals surface area contributed by atoms with Crippen molar-refractivity contribution in [2.45, 2.75) is 59.2 Å². The molecule has 0 bridgehead atoms. The lowest BCUT2D eigenvalue weighted by Crippen LogP contribution is -2.63. The Balaban J connectivity index is 1.79. The molecule has 1 fully saturated rings. The first-order valence-corrected chi connectivity index (χ1v) is 9.21. The summed E-state index contributed by atoms with van der Waals surface area (Å²) in [4.78, 5) is 18.3. The minimum absolute atomic E-state index is 0.182. The number of aromatic nitrogens is 3. The maximum absolute atomic E-state index is 12.0. The second-order valence-electron chi connectivity index (χ2n) is 7.28. The fourth-order valence-electron chi connectivity index (χ4n) is 2.57. The van der Waals surface area contributed by atoms with Crippen molar-refractivity contribution in [1.82, 2.24) is 30.3 Å². The summed E-state index contributed by atoms with van der Waals surface area (Å²) in [6.45, 7) is 13.1. The molecule has 0 atom stereocenters. The summed E-state index contributed by atoms with van der Waals surface area (Å²) in [5, 5.41) is 14.6.